The smallest absolute Gasteiger partial charge is 0.252 e. The van der Waals surface area contributed by atoms with Crippen molar-refractivity contribution in [3.8, 4) is 0 Å². The second kappa shape index (κ2) is 8.72. The Labute approximate surface area is 172 Å². The molecule has 1 N–H and O–H groups in total. The average Bonchev–Trinajstić information content (AvgIpc) is 2.73. The molecule has 2 heterocycles. The van der Waals surface area contributed by atoms with Crippen LogP contribution in [-0.4, -0.2) is 53.9 Å². The Hall–Kier alpha value is -2.76. The lowest BCUT2D eigenvalue weighted by Crippen LogP contribution is -2.43. The van der Waals surface area contributed by atoms with Crippen molar-refractivity contribution in [2.45, 2.75) is 20.0 Å². The topological polar surface area (TPSA) is 48.5 Å². The van der Waals surface area contributed by atoms with Crippen LogP contribution in [0.3, 0.4) is 0 Å². The Morgan fingerprint density at radius 1 is 1.00 bits per heavy atom. The summed E-state index contributed by atoms with van der Waals surface area (Å²) in [5.74, 6) is -0.0591. The van der Waals surface area contributed by atoms with Crippen LogP contribution in [0.25, 0.3) is 10.9 Å². The Morgan fingerprint density at radius 3 is 2.59 bits per heavy atom. The van der Waals surface area contributed by atoms with Crippen molar-refractivity contribution in [1.82, 2.24) is 20.1 Å². The molecule has 2 aromatic carbocycles. The minimum absolute atomic E-state index is 0.0591. The van der Waals surface area contributed by atoms with Gasteiger partial charge in [-0.3, -0.25) is 14.7 Å². The van der Waals surface area contributed by atoms with Crippen LogP contribution in [0.15, 0.2) is 54.6 Å². The third-order valence-electron chi connectivity index (χ3n) is 5.54. The number of piperazine rings is 1. The van der Waals surface area contributed by atoms with Crippen molar-refractivity contribution in [2.24, 2.45) is 0 Å². The molecule has 0 unspecified atom stereocenters. The number of nitrogens with zero attached hydrogens (tertiary/aromatic N) is 3. The second-order valence-corrected chi connectivity index (χ2v) is 7.91. The number of rotatable bonds is 5. The van der Waals surface area contributed by atoms with Crippen LogP contribution in [0.5, 0.6) is 0 Å². The number of hydrogen-bond acceptors (Lipinski definition) is 4. The Kier molecular flexibility index (Phi) is 5.88. The third-order valence-corrected chi connectivity index (χ3v) is 5.54. The van der Waals surface area contributed by atoms with E-state index in [1.54, 1.807) is 0 Å². The van der Waals surface area contributed by atoms with E-state index in [9.17, 15) is 4.79 Å². The molecule has 4 rings (SSSR count). The molecule has 0 atom stereocenters. The first-order valence-electron chi connectivity index (χ1n) is 10.2. The van der Waals surface area contributed by atoms with Crippen molar-refractivity contribution >= 4 is 16.8 Å². The van der Waals surface area contributed by atoms with E-state index >= 15 is 0 Å². The predicted molar refractivity (Wildman–Crippen MR) is 117 cm³/mol. The first kappa shape index (κ1) is 19.6. The molecule has 1 aliphatic rings. The summed E-state index contributed by atoms with van der Waals surface area (Å²) < 4.78 is 0. The molecule has 5 nitrogen and oxygen atoms in total. The van der Waals surface area contributed by atoms with Crippen LogP contribution in [0.1, 0.15) is 27.2 Å². The fourth-order valence-electron chi connectivity index (χ4n) is 3.88. The van der Waals surface area contributed by atoms with Gasteiger partial charge in [-0.15, -0.1) is 0 Å². The largest absolute Gasteiger partial charge is 0.348 e. The van der Waals surface area contributed by atoms with E-state index in [1.165, 1.54) is 5.56 Å². The molecule has 150 valence electrons. The summed E-state index contributed by atoms with van der Waals surface area (Å²) in [6, 6.07) is 18.2. The molecule has 1 aromatic heterocycles. The van der Waals surface area contributed by atoms with Crippen molar-refractivity contribution < 1.29 is 4.79 Å². The quantitative estimate of drug-likeness (QED) is 0.729. The van der Waals surface area contributed by atoms with Gasteiger partial charge in [-0.1, -0.05) is 42.5 Å². The van der Waals surface area contributed by atoms with Gasteiger partial charge >= 0.3 is 0 Å². The summed E-state index contributed by atoms with van der Waals surface area (Å²) in [7, 11) is 2.17. The molecule has 1 fully saturated rings. The molecule has 1 saturated heterocycles. The predicted octanol–water partition coefficient (Wildman–Crippen LogP) is 3.22. The number of likely N-dealkylation sites (N-methyl/N-ethyl adjacent to an activating group) is 1. The Morgan fingerprint density at radius 2 is 1.76 bits per heavy atom. The number of carbonyl (C=O) groups excluding carboxylic acids is 1. The van der Waals surface area contributed by atoms with Gasteiger partial charge in [0.05, 0.1) is 11.1 Å². The van der Waals surface area contributed by atoms with Crippen molar-refractivity contribution in [3.05, 3.63) is 77.0 Å². The number of amides is 1. The lowest BCUT2D eigenvalue weighted by atomic mass is 10.1. The average molecular weight is 389 g/mol. The summed E-state index contributed by atoms with van der Waals surface area (Å²) in [5, 5.41) is 3.97. The maximum atomic E-state index is 12.9. The number of fused-ring (bicyclic) bond motifs is 1. The molecular weight excluding hydrogens is 360 g/mol. The van der Waals surface area contributed by atoms with E-state index < -0.39 is 0 Å². The van der Waals surface area contributed by atoms with Crippen molar-refractivity contribution in [1.29, 1.82) is 0 Å². The minimum atomic E-state index is -0.0591. The molecule has 0 radical (unpaired) electrons. The fraction of sp³-hybridized carbons (Fsp3) is 0.333. The van der Waals surface area contributed by atoms with Gasteiger partial charge in [0.2, 0.25) is 0 Å². The molecule has 0 aliphatic carbocycles. The van der Waals surface area contributed by atoms with Crippen LogP contribution in [-0.2, 0) is 13.1 Å². The summed E-state index contributed by atoms with van der Waals surface area (Å²) in [4.78, 5) is 22.2. The highest BCUT2D eigenvalue weighted by molar-refractivity contribution is 6.06. The maximum Gasteiger partial charge on any atom is 0.252 e. The Bertz CT molecular complexity index is 1010. The summed E-state index contributed by atoms with van der Waals surface area (Å²) >= 11 is 0. The minimum Gasteiger partial charge on any atom is -0.348 e. The van der Waals surface area contributed by atoms with E-state index in [0.717, 1.165) is 54.9 Å². The molecule has 1 amide bonds. The summed E-state index contributed by atoms with van der Waals surface area (Å²) in [6.07, 6.45) is 0. The highest BCUT2D eigenvalue weighted by atomic mass is 16.1. The molecule has 3 aromatic rings. The number of hydrogen-bond donors (Lipinski definition) is 1. The summed E-state index contributed by atoms with van der Waals surface area (Å²) in [5.41, 5.74) is 4.81. The van der Waals surface area contributed by atoms with Crippen LogP contribution in [0.4, 0.5) is 0 Å². The van der Waals surface area contributed by atoms with Crippen LogP contribution < -0.4 is 5.32 Å². The Balaban J connectivity index is 1.42. The normalized spacial score (nSPS) is 15.5. The van der Waals surface area contributed by atoms with Gasteiger partial charge < -0.3 is 10.2 Å². The lowest BCUT2D eigenvalue weighted by molar-refractivity contribution is 0.0952. The lowest BCUT2D eigenvalue weighted by Gasteiger charge is -2.32. The maximum absolute atomic E-state index is 12.9. The highest BCUT2D eigenvalue weighted by Crippen LogP contribution is 2.18. The van der Waals surface area contributed by atoms with E-state index in [1.807, 2.05) is 37.3 Å². The van der Waals surface area contributed by atoms with Gasteiger partial charge in [-0.2, -0.15) is 0 Å². The number of nitrogens with one attached hydrogen (secondary N) is 1. The number of aryl methyl sites for hydroxylation is 1. The zero-order valence-corrected chi connectivity index (χ0v) is 17.2. The van der Waals surface area contributed by atoms with E-state index in [0.29, 0.717) is 12.1 Å². The molecule has 29 heavy (non-hydrogen) atoms. The monoisotopic (exact) mass is 388 g/mol. The van der Waals surface area contributed by atoms with Gasteiger partial charge in [-0.05, 0) is 37.2 Å². The third kappa shape index (κ3) is 4.81. The first-order valence-corrected chi connectivity index (χ1v) is 10.2. The van der Waals surface area contributed by atoms with E-state index in [4.69, 9.17) is 0 Å². The van der Waals surface area contributed by atoms with Crippen LogP contribution in [0, 0.1) is 6.92 Å². The number of para-hydroxylation sites is 1. The SMILES string of the molecule is Cc1cc(C(=O)NCc2cccc(CN3CCN(C)CC3)c2)c2ccccc2n1. The molecule has 5 heteroatoms. The molecule has 0 bridgehead atoms. The first-order chi connectivity index (χ1) is 14.1. The van der Waals surface area contributed by atoms with Gasteiger partial charge in [0.15, 0.2) is 0 Å². The van der Waals surface area contributed by atoms with Gasteiger partial charge in [-0.25, -0.2) is 0 Å². The molecule has 0 spiro atoms. The van der Waals surface area contributed by atoms with Crippen LogP contribution >= 0.6 is 0 Å². The highest BCUT2D eigenvalue weighted by Gasteiger charge is 2.14. The van der Waals surface area contributed by atoms with Gasteiger partial charge in [0, 0.05) is 50.3 Å². The van der Waals surface area contributed by atoms with E-state index in [2.05, 4.69) is 51.4 Å². The van der Waals surface area contributed by atoms with Crippen molar-refractivity contribution in [3.63, 3.8) is 0 Å². The number of benzene rings is 2. The van der Waals surface area contributed by atoms with E-state index in [-0.39, 0.29) is 5.91 Å². The van der Waals surface area contributed by atoms with Crippen LogP contribution in [0.2, 0.25) is 0 Å². The number of aromatic nitrogens is 1. The van der Waals surface area contributed by atoms with Gasteiger partial charge in [0.1, 0.15) is 0 Å². The standard InChI is InChI=1S/C24H28N4O/c1-18-14-22(21-8-3-4-9-23(21)26-18)24(29)25-16-19-6-5-7-20(15-19)17-28-12-10-27(2)11-13-28/h3-9,14-15H,10-13,16-17H2,1-2H3,(H,25,29). The fourth-order valence-corrected chi connectivity index (χ4v) is 3.88. The summed E-state index contributed by atoms with van der Waals surface area (Å²) in [6.45, 7) is 7.85. The number of carbonyl (C=O) groups is 1. The number of pyridine rings is 1. The zero-order valence-electron chi connectivity index (χ0n) is 17.2. The molecule has 1 aliphatic heterocycles. The van der Waals surface area contributed by atoms with Gasteiger partial charge in [0.25, 0.3) is 5.91 Å². The molecule has 0 saturated carbocycles. The second-order valence-electron chi connectivity index (χ2n) is 7.91. The molecular formula is C24H28N4O. The zero-order chi connectivity index (χ0) is 20.2. The van der Waals surface area contributed by atoms with Crippen molar-refractivity contribution in [2.75, 3.05) is 33.2 Å².